The van der Waals surface area contributed by atoms with Crippen molar-refractivity contribution in [2.75, 3.05) is 20.2 Å². The van der Waals surface area contributed by atoms with Gasteiger partial charge in [0.15, 0.2) is 0 Å². The first-order chi connectivity index (χ1) is 8.95. The predicted molar refractivity (Wildman–Crippen MR) is 75.7 cm³/mol. The topological polar surface area (TPSA) is 55.6 Å². The predicted octanol–water partition coefficient (Wildman–Crippen LogP) is 1.78. The van der Waals surface area contributed by atoms with E-state index in [0.717, 1.165) is 45.2 Å². The number of hydrogen-bond acceptors (Lipinski definition) is 3. The summed E-state index contributed by atoms with van der Waals surface area (Å²) in [5.41, 5.74) is 5.88. The highest BCUT2D eigenvalue weighted by Gasteiger charge is 2.37. The van der Waals surface area contributed by atoms with E-state index < -0.39 is 0 Å². The van der Waals surface area contributed by atoms with Gasteiger partial charge in [0.2, 0.25) is 5.91 Å². The van der Waals surface area contributed by atoms with E-state index >= 15 is 0 Å². The standard InChI is InChI=1S/C15H28N2O2/c1-11-9-12(5-6-13(11)16)14(18)17-8-4-7-15(2,10-17)19-3/h11-13H,4-10,16H2,1-3H3. The average molecular weight is 268 g/mol. The molecular weight excluding hydrogens is 240 g/mol. The highest BCUT2D eigenvalue weighted by Crippen LogP contribution is 2.31. The fraction of sp³-hybridized carbons (Fsp3) is 0.933. The van der Waals surface area contributed by atoms with Crippen LogP contribution in [0.2, 0.25) is 0 Å². The number of piperidine rings is 1. The van der Waals surface area contributed by atoms with Gasteiger partial charge in [-0.25, -0.2) is 0 Å². The molecule has 0 aromatic carbocycles. The minimum Gasteiger partial charge on any atom is -0.377 e. The highest BCUT2D eigenvalue weighted by atomic mass is 16.5. The van der Waals surface area contributed by atoms with Gasteiger partial charge in [-0.2, -0.15) is 0 Å². The number of carbonyl (C=O) groups excluding carboxylic acids is 1. The zero-order chi connectivity index (χ0) is 14.0. The first-order valence-corrected chi connectivity index (χ1v) is 7.55. The lowest BCUT2D eigenvalue weighted by Crippen LogP contribution is -2.52. The molecule has 2 N–H and O–H groups in total. The van der Waals surface area contributed by atoms with Crippen molar-refractivity contribution in [3.63, 3.8) is 0 Å². The fourth-order valence-corrected chi connectivity index (χ4v) is 3.46. The molecule has 4 atom stereocenters. The number of methoxy groups -OCH3 is 1. The molecule has 2 fully saturated rings. The van der Waals surface area contributed by atoms with E-state index in [1.54, 1.807) is 7.11 Å². The van der Waals surface area contributed by atoms with E-state index in [0.29, 0.717) is 11.8 Å². The molecule has 19 heavy (non-hydrogen) atoms. The summed E-state index contributed by atoms with van der Waals surface area (Å²) in [4.78, 5) is 14.7. The monoisotopic (exact) mass is 268 g/mol. The summed E-state index contributed by atoms with van der Waals surface area (Å²) in [5, 5.41) is 0. The molecule has 0 bridgehead atoms. The fourth-order valence-electron chi connectivity index (χ4n) is 3.46. The first-order valence-electron chi connectivity index (χ1n) is 7.55. The number of hydrogen-bond donors (Lipinski definition) is 1. The lowest BCUT2D eigenvalue weighted by Gasteiger charge is -2.42. The molecule has 110 valence electrons. The third kappa shape index (κ3) is 3.29. The molecule has 1 amide bonds. The zero-order valence-electron chi connectivity index (χ0n) is 12.5. The van der Waals surface area contributed by atoms with Crippen LogP contribution in [0.4, 0.5) is 0 Å². The van der Waals surface area contributed by atoms with Crippen LogP contribution in [0, 0.1) is 11.8 Å². The van der Waals surface area contributed by atoms with Crippen molar-refractivity contribution in [1.29, 1.82) is 0 Å². The molecule has 0 aromatic rings. The quantitative estimate of drug-likeness (QED) is 0.830. The van der Waals surface area contributed by atoms with Crippen molar-refractivity contribution in [3.05, 3.63) is 0 Å². The van der Waals surface area contributed by atoms with Crippen LogP contribution in [0.25, 0.3) is 0 Å². The molecule has 4 heteroatoms. The number of rotatable bonds is 2. The van der Waals surface area contributed by atoms with Crippen molar-refractivity contribution >= 4 is 5.91 Å². The Morgan fingerprint density at radius 2 is 2.16 bits per heavy atom. The van der Waals surface area contributed by atoms with E-state index in [1.165, 1.54) is 0 Å². The summed E-state index contributed by atoms with van der Waals surface area (Å²) >= 11 is 0. The minimum atomic E-state index is -0.162. The molecule has 4 unspecified atom stereocenters. The minimum absolute atomic E-state index is 0.162. The number of likely N-dealkylation sites (tertiary alicyclic amines) is 1. The normalized spacial score (nSPS) is 40.2. The third-order valence-corrected chi connectivity index (χ3v) is 5.05. The Balaban J connectivity index is 1.96. The smallest absolute Gasteiger partial charge is 0.225 e. The van der Waals surface area contributed by atoms with Crippen molar-refractivity contribution in [2.45, 2.75) is 57.6 Å². The largest absolute Gasteiger partial charge is 0.377 e. The SMILES string of the molecule is COC1(C)CCCN(C(=O)C2CCC(N)C(C)C2)C1. The van der Waals surface area contributed by atoms with Crippen LogP contribution in [0.1, 0.15) is 46.0 Å². The number of amides is 1. The second-order valence-corrected chi connectivity index (χ2v) is 6.67. The van der Waals surface area contributed by atoms with E-state index in [9.17, 15) is 4.79 Å². The van der Waals surface area contributed by atoms with Crippen molar-refractivity contribution in [1.82, 2.24) is 4.90 Å². The van der Waals surface area contributed by atoms with Crippen molar-refractivity contribution < 1.29 is 9.53 Å². The summed E-state index contributed by atoms with van der Waals surface area (Å²) in [7, 11) is 1.75. The maximum atomic E-state index is 12.6. The van der Waals surface area contributed by atoms with E-state index in [1.807, 2.05) is 4.90 Å². The summed E-state index contributed by atoms with van der Waals surface area (Å²) in [6.07, 6.45) is 4.95. The van der Waals surface area contributed by atoms with Crippen LogP contribution < -0.4 is 5.73 Å². The molecule has 1 aliphatic heterocycles. The second-order valence-electron chi connectivity index (χ2n) is 6.67. The lowest BCUT2D eigenvalue weighted by atomic mass is 9.78. The summed E-state index contributed by atoms with van der Waals surface area (Å²) in [6.45, 7) is 5.89. The Labute approximate surface area is 116 Å². The summed E-state index contributed by atoms with van der Waals surface area (Å²) < 4.78 is 5.57. The summed E-state index contributed by atoms with van der Waals surface area (Å²) in [5.74, 6) is 0.956. The van der Waals surface area contributed by atoms with Gasteiger partial charge in [0.25, 0.3) is 0 Å². The molecule has 4 nitrogen and oxygen atoms in total. The first kappa shape index (κ1) is 14.8. The van der Waals surface area contributed by atoms with Crippen LogP contribution in [0.5, 0.6) is 0 Å². The van der Waals surface area contributed by atoms with E-state index in [4.69, 9.17) is 10.5 Å². The van der Waals surface area contributed by atoms with Crippen LogP contribution >= 0.6 is 0 Å². The molecule has 0 spiro atoms. The number of nitrogens with zero attached hydrogens (tertiary/aromatic N) is 1. The van der Waals surface area contributed by atoms with Crippen molar-refractivity contribution in [3.8, 4) is 0 Å². The number of ether oxygens (including phenoxy) is 1. The zero-order valence-corrected chi connectivity index (χ0v) is 12.5. The van der Waals surface area contributed by atoms with Crippen molar-refractivity contribution in [2.24, 2.45) is 17.6 Å². The Morgan fingerprint density at radius 1 is 1.42 bits per heavy atom. The molecular formula is C15H28N2O2. The second kappa shape index (κ2) is 5.80. The molecule has 0 aromatic heterocycles. The van der Waals surface area contributed by atoms with Gasteiger partial charge in [-0.15, -0.1) is 0 Å². The maximum Gasteiger partial charge on any atom is 0.225 e. The molecule has 1 saturated carbocycles. The van der Waals surface area contributed by atoms with Gasteiger partial charge in [-0.05, 0) is 44.9 Å². The van der Waals surface area contributed by atoms with Gasteiger partial charge in [0.05, 0.1) is 5.60 Å². The van der Waals surface area contributed by atoms with E-state index in [2.05, 4.69) is 13.8 Å². The van der Waals surface area contributed by atoms with Gasteiger partial charge in [-0.3, -0.25) is 4.79 Å². The highest BCUT2D eigenvalue weighted by molar-refractivity contribution is 5.79. The van der Waals surface area contributed by atoms with Gasteiger partial charge < -0.3 is 15.4 Å². The Bertz CT molecular complexity index is 334. The van der Waals surface area contributed by atoms with Crippen LogP contribution in [0.15, 0.2) is 0 Å². The number of nitrogens with two attached hydrogens (primary N) is 1. The van der Waals surface area contributed by atoms with Crippen LogP contribution in [-0.4, -0.2) is 42.6 Å². The molecule has 1 saturated heterocycles. The van der Waals surface area contributed by atoms with Crippen LogP contribution in [0.3, 0.4) is 0 Å². The Morgan fingerprint density at radius 3 is 2.79 bits per heavy atom. The molecule has 0 radical (unpaired) electrons. The van der Waals surface area contributed by atoms with Crippen LogP contribution in [-0.2, 0) is 9.53 Å². The lowest BCUT2D eigenvalue weighted by molar-refractivity contribution is -0.145. The number of carbonyl (C=O) groups is 1. The van der Waals surface area contributed by atoms with Gasteiger partial charge >= 0.3 is 0 Å². The molecule has 2 aliphatic rings. The van der Waals surface area contributed by atoms with E-state index in [-0.39, 0.29) is 17.6 Å². The van der Waals surface area contributed by atoms with Gasteiger partial charge in [-0.1, -0.05) is 6.92 Å². The average Bonchev–Trinajstić information content (AvgIpc) is 2.41. The molecule has 1 heterocycles. The Kier molecular flexibility index (Phi) is 4.51. The molecule has 2 rings (SSSR count). The Hall–Kier alpha value is -0.610. The van der Waals surface area contributed by atoms with Gasteiger partial charge in [0.1, 0.15) is 0 Å². The third-order valence-electron chi connectivity index (χ3n) is 5.05. The summed E-state index contributed by atoms with van der Waals surface area (Å²) in [6, 6.07) is 0.273. The molecule has 1 aliphatic carbocycles. The maximum absolute atomic E-state index is 12.6. The van der Waals surface area contributed by atoms with Gasteiger partial charge in [0, 0.05) is 32.2 Å².